The van der Waals surface area contributed by atoms with Crippen LogP contribution in [0.15, 0.2) is 29.1 Å². The summed E-state index contributed by atoms with van der Waals surface area (Å²) in [5.41, 5.74) is 2.19. The number of aromatic nitrogens is 1. The largest absolute Gasteiger partial charge is 0.355 e. The van der Waals surface area contributed by atoms with Crippen LogP contribution in [0.4, 0.5) is 5.82 Å². The van der Waals surface area contributed by atoms with Crippen LogP contribution in [-0.4, -0.2) is 12.0 Å². The summed E-state index contributed by atoms with van der Waals surface area (Å²) in [6.45, 7) is 0.833. The first-order chi connectivity index (χ1) is 8.20. The molecule has 2 rings (SSSR count). The summed E-state index contributed by atoms with van der Waals surface area (Å²) in [4.78, 5) is 6.38. The van der Waals surface area contributed by atoms with Crippen LogP contribution >= 0.6 is 34.5 Å². The maximum Gasteiger partial charge on any atom is 0.128 e. The molecule has 0 spiro atoms. The highest BCUT2D eigenvalue weighted by Crippen LogP contribution is 2.22. The third-order valence-corrected chi connectivity index (χ3v) is 3.82. The lowest BCUT2D eigenvalue weighted by Crippen LogP contribution is -2.17. The highest BCUT2D eigenvalue weighted by atomic mass is 35.5. The quantitative estimate of drug-likeness (QED) is 0.784. The van der Waals surface area contributed by atoms with E-state index in [0.29, 0.717) is 10.9 Å². The van der Waals surface area contributed by atoms with Gasteiger partial charge in [0.15, 0.2) is 0 Å². The van der Waals surface area contributed by atoms with E-state index in [1.165, 1.54) is 5.56 Å². The third kappa shape index (κ3) is 3.12. The van der Waals surface area contributed by atoms with E-state index in [-0.39, 0.29) is 0 Å². The van der Waals surface area contributed by atoms with Crippen molar-refractivity contribution in [1.29, 1.82) is 0 Å². The van der Waals surface area contributed by atoms with E-state index in [9.17, 15) is 0 Å². The number of thiophene rings is 1. The zero-order valence-electron chi connectivity index (χ0n) is 9.36. The van der Waals surface area contributed by atoms with Crippen molar-refractivity contribution in [1.82, 2.24) is 4.98 Å². The Labute approximate surface area is 115 Å². The zero-order chi connectivity index (χ0) is 12.3. The van der Waals surface area contributed by atoms with Crippen LogP contribution in [-0.2, 0) is 12.4 Å². The second-order valence-corrected chi connectivity index (χ2v) is 5.21. The molecule has 2 heterocycles. The van der Waals surface area contributed by atoms with Crippen molar-refractivity contribution in [3.63, 3.8) is 0 Å². The first-order valence-electron chi connectivity index (χ1n) is 5.13. The fraction of sp³-hybridized carbons (Fsp3) is 0.250. The lowest BCUT2D eigenvalue weighted by molar-refractivity contribution is 0.900. The predicted molar refractivity (Wildman–Crippen MR) is 75.2 cm³/mol. The lowest BCUT2D eigenvalue weighted by Gasteiger charge is -2.18. The summed E-state index contributed by atoms with van der Waals surface area (Å²) in [6, 6.07) is 4.04. The Morgan fingerprint density at radius 3 is 2.94 bits per heavy atom. The second kappa shape index (κ2) is 5.71. The molecule has 0 aliphatic rings. The number of anilines is 1. The minimum absolute atomic E-state index is 0.403. The molecule has 0 fully saturated rings. The molecule has 2 aromatic heterocycles. The zero-order valence-corrected chi connectivity index (χ0v) is 11.7. The van der Waals surface area contributed by atoms with Gasteiger partial charge in [0.25, 0.3) is 0 Å². The number of halogens is 2. The van der Waals surface area contributed by atoms with Gasteiger partial charge in [-0.25, -0.2) is 4.98 Å². The SMILES string of the molecule is CN(Cc1ccsc1)c1cc(CCl)c(Cl)cn1. The van der Waals surface area contributed by atoms with Gasteiger partial charge in [0.1, 0.15) is 5.82 Å². The monoisotopic (exact) mass is 286 g/mol. The van der Waals surface area contributed by atoms with Gasteiger partial charge in [-0.3, -0.25) is 0 Å². The molecule has 0 saturated carbocycles. The highest BCUT2D eigenvalue weighted by Gasteiger charge is 2.07. The molecule has 0 aromatic carbocycles. The van der Waals surface area contributed by atoms with Crippen LogP contribution in [0.25, 0.3) is 0 Å². The van der Waals surface area contributed by atoms with E-state index in [2.05, 4.69) is 26.7 Å². The molecule has 2 nitrogen and oxygen atoms in total. The smallest absolute Gasteiger partial charge is 0.128 e. The first-order valence-corrected chi connectivity index (χ1v) is 6.99. The van der Waals surface area contributed by atoms with E-state index < -0.39 is 0 Å². The van der Waals surface area contributed by atoms with E-state index in [4.69, 9.17) is 23.2 Å². The number of nitrogens with zero attached hydrogens (tertiary/aromatic N) is 2. The van der Waals surface area contributed by atoms with Crippen molar-refractivity contribution < 1.29 is 0 Å². The Balaban J connectivity index is 2.16. The van der Waals surface area contributed by atoms with Crippen LogP contribution in [0.5, 0.6) is 0 Å². The maximum atomic E-state index is 5.98. The van der Waals surface area contributed by atoms with Crippen molar-refractivity contribution in [2.24, 2.45) is 0 Å². The fourth-order valence-corrected chi connectivity index (χ4v) is 2.64. The number of hydrogen-bond acceptors (Lipinski definition) is 3. The standard InChI is InChI=1S/C12H12Cl2N2S/c1-16(7-9-2-3-17-8-9)12-4-10(5-13)11(14)6-15-12/h2-4,6,8H,5,7H2,1H3. The average molecular weight is 287 g/mol. The summed E-state index contributed by atoms with van der Waals surface area (Å²) < 4.78 is 0. The lowest BCUT2D eigenvalue weighted by atomic mass is 10.2. The van der Waals surface area contributed by atoms with Crippen molar-refractivity contribution >= 4 is 40.4 Å². The van der Waals surface area contributed by atoms with Gasteiger partial charge in [0.2, 0.25) is 0 Å². The Morgan fingerprint density at radius 1 is 1.47 bits per heavy atom. The summed E-state index contributed by atoms with van der Waals surface area (Å²) in [5.74, 6) is 1.29. The van der Waals surface area contributed by atoms with Gasteiger partial charge in [-0.05, 0) is 34.0 Å². The molecule has 0 radical (unpaired) electrons. The van der Waals surface area contributed by atoms with Gasteiger partial charge in [0, 0.05) is 25.7 Å². The summed E-state index contributed by atoms with van der Waals surface area (Å²) in [6.07, 6.45) is 1.65. The Hall–Kier alpha value is -0.770. The summed E-state index contributed by atoms with van der Waals surface area (Å²) in [7, 11) is 2.01. The Kier molecular flexibility index (Phi) is 4.26. The van der Waals surface area contributed by atoms with Crippen LogP contribution < -0.4 is 4.90 Å². The minimum atomic E-state index is 0.403. The first kappa shape index (κ1) is 12.7. The molecule has 0 unspecified atom stereocenters. The Bertz CT molecular complexity index is 485. The molecule has 90 valence electrons. The van der Waals surface area contributed by atoms with Gasteiger partial charge in [0.05, 0.1) is 5.02 Å². The minimum Gasteiger partial charge on any atom is -0.355 e. The molecule has 0 bridgehead atoms. The Morgan fingerprint density at radius 2 is 2.29 bits per heavy atom. The van der Waals surface area contributed by atoms with Gasteiger partial charge in [-0.15, -0.1) is 11.6 Å². The van der Waals surface area contributed by atoms with Crippen LogP contribution in [0, 0.1) is 0 Å². The molecule has 0 saturated heterocycles. The highest BCUT2D eigenvalue weighted by molar-refractivity contribution is 7.07. The van der Waals surface area contributed by atoms with E-state index in [1.807, 2.05) is 13.1 Å². The van der Waals surface area contributed by atoms with Crippen LogP contribution in [0.1, 0.15) is 11.1 Å². The average Bonchev–Trinajstić information content (AvgIpc) is 2.82. The normalized spacial score (nSPS) is 10.5. The van der Waals surface area contributed by atoms with Gasteiger partial charge < -0.3 is 4.90 Å². The molecule has 0 N–H and O–H groups in total. The number of pyridine rings is 1. The van der Waals surface area contributed by atoms with Gasteiger partial charge >= 0.3 is 0 Å². The van der Waals surface area contributed by atoms with Gasteiger partial charge in [-0.1, -0.05) is 11.6 Å². The molecule has 17 heavy (non-hydrogen) atoms. The van der Waals surface area contributed by atoms with Crippen molar-refractivity contribution in [3.05, 3.63) is 45.2 Å². The fourth-order valence-electron chi connectivity index (χ4n) is 1.52. The molecule has 0 aliphatic carbocycles. The third-order valence-electron chi connectivity index (χ3n) is 2.46. The summed E-state index contributed by atoms with van der Waals surface area (Å²) in [5, 5.41) is 4.82. The molecule has 5 heteroatoms. The maximum absolute atomic E-state index is 5.98. The molecular formula is C12H12Cl2N2S. The number of alkyl halides is 1. The summed E-state index contributed by atoms with van der Waals surface area (Å²) >= 11 is 13.5. The van der Waals surface area contributed by atoms with E-state index in [0.717, 1.165) is 17.9 Å². The van der Waals surface area contributed by atoms with Crippen molar-refractivity contribution in [2.45, 2.75) is 12.4 Å². The second-order valence-electron chi connectivity index (χ2n) is 3.76. The van der Waals surface area contributed by atoms with Crippen LogP contribution in [0.3, 0.4) is 0 Å². The number of hydrogen-bond donors (Lipinski definition) is 0. The van der Waals surface area contributed by atoms with Crippen molar-refractivity contribution in [2.75, 3.05) is 11.9 Å². The predicted octanol–water partition coefficient (Wildman–Crippen LogP) is 4.17. The van der Waals surface area contributed by atoms with Gasteiger partial charge in [-0.2, -0.15) is 11.3 Å². The molecule has 2 aromatic rings. The van der Waals surface area contributed by atoms with Crippen molar-refractivity contribution in [3.8, 4) is 0 Å². The number of rotatable bonds is 4. The molecule has 0 amide bonds. The molecule has 0 atom stereocenters. The van der Waals surface area contributed by atoms with Crippen LogP contribution in [0.2, 0.25) is 5.02 Å². The topological polar surface area (TPSA) is 16.1 Å². The van der Waals surface area contributed by atoms with E-state index in [1.54, 1.807) is 17.5 Å². The van der Waals surface area contributed by atoms with E-state index >= 15 is 0 Å². The molecular weight excluding hydrogens is 275 g/mol. The molecule has 0 aliphatic heterocycles.